The first-order valence-electron chi connectivity index (χ1n) is 6.85. The molecule has 0 saturated carbocycles. The van der Waals surface area contributed by atoms with Gasteiger partial charge in [0.1, 0.15) is 24.7 Å². The lowest BCUT2D eigenvalue weighted by molar-refractivity contribution is -0.138. The molecule has 2 aromatic carbocycles. The molecule has 116 valence electrons. The Hall–Kier alpha value is -2.53. The maximum atomic E-state index is 11.0. The van der Waals surface area contributed by atoms with Crippen LogP contribution in [0.1, 0.15) is 5.56 Å². The van der Waals surface area contributed by atoms with Gasteiger partial charge >= 0.3 is 5.97 Å². The molecule has 0 bridgehead atoms. The van der Waals surface area contributed by atoms with Gasteiger partial charge in [0.05, 0.1) is 0 Å². The van der Waals surface area contributed by atoms with Crippen LogP contribution in [0.5, 0.6) is 11.5 Å². The second-order valence-electron chi connectivity index (χ2n) is 4.56. The number of rotatable bonds is 7. The number of carbonyl (C=O) groups excluding carboxylic acids is 1. The van der Waals surface area contributed by atoms with E-state index in [4.69, 9.17) is 19.3 Å². The van der Waals surface area contributed by atoms with E-state index in [2.05, 4.69) is 6.58 Å². The number of benzene rings is 2. The Balaban J connectivity index is 2.22. The summed E-state index contributed by atoms with van der Waals surface area (Å²) in [5, 5.41) is 10.7. The van der Waals surface area contributed by atoms with Crippen molar-refractivity contribution in [2.24, 2.45) is 0 Å². The molecule has 0 saturated heterocycles. The number of fused-ring (bicyclic) bond motifs is 1. The van der Waals surface area contributed by atoms with Gasteiger partial charge in [-0.1, -0.05) is 30.8 Å². The second-order valence-corrected chi connectivity index (χ2v) is 4.56. The van der Waals surface area contributed by atoms with Crippen molar-refractivity contribution in [3.63, 3.8) is 0 Å². The third-order valence-corrected chi connectivity index (χ3v) is 3.10. The van der Waals surface area contributed by atoms with Crippen molar-refractivity contribution in [1.82, 2.24) is 0 Å². The van der Waals surface area contributed by atoms with E-state index in [-0.39, 0.29) is 20.0 Å². The Bertz CT molecular complexity index is 678. The maximum absolute atomic E-state index is 11.0. The quantitative estimate of drug-likeness (QED) is 0.368. The molecule has 0 aliphatic carbocycles. The fraction of sp³-hybridized carbons (Fsp3) is 0.235. The summed E-state index contributed by atoms with van der Waals surface area (Å²) in [6.07, 6.45) is 1.11. The lowest BCUT2D eigenvalue weighted by atomic mass is 10.0. The van der Waals surface area contributed by atoms with Gasteiger partial charge in [-0.05, 0) is 18.6 Å². The van der Waals surface area contributed by atoms with Crippen LogP contribution in [-0.2, 0) is 9.53 Å². The molecule has 5 heteroatoms. The van der Waals surface area contributed by atoms with Crippen LogP contribution < -0.4 is 9.47 Å². The third kappa shape index (κ3) is 3.56. The monoisotopic (exact) mass is 302 g/mol. The molecule has 0 atom stereocenters. The van der Waals surface area contributed by atoms with E-state index in [0.717, 1.165) is 22.4 Å². The van der Waals surface area contributed by atoms with Crippen molar-refractivity contribution in [1.29, 1.82) is 0 Å². The molecule has 0 radical (unpaired) electrons. The minimum atomic E-state index is -0.475. The molecule has 1 N–H and O–H groups in total. The molecule has 0 aromatic heterocycles. The molecular weight excluding hydrogens is 284 g/mol. The van der Waals surface area contributed by atoms with Crippen LogP contribution in [0, 0.1) is 6.92 Å². The van der Waals surface area contributed by atoms with Crippen LogP contribution in [-0.4, -0.2) is 31.1 Å². The Morgan fingerprint density at radius 3 is 2.64 bits per heavy atom. The summed E-state index contributed by atoms with van der Waals surface area (Å²) < 4.78 is 15.9. The molecule has 2 rings (SSSR count). The van der Waals surface area contributed by atoms with Crippen molar-refractivity contribution in [3.05, 3.63) is 48.6 Å². The van der Waals surface area contributed by atoms with Gasteiger partial charge in [-0.3, -0.25) is 0 Å². The molecule has 0 unspecified atom stereocenters. The number of aliphatic hydroxyl groups is 1. The zero-order chi connectivity index (χ0) is 15.9. The summed E-state index contributed by atoms with van der Waals surface area (Å²) in [7, 11) is 0. The molecule has 0 aliphatic rings. The highest BCUT2D eigenvalue weighted by molar-refractivity contribution is 5.94. The molecule has 0 fully saturated rings. The lowest BCUT2D eigenvalue weighted by Gasteiger charge is -2.15. The average Bonchev–Trinajstić information content (AvgIpc) is 2.53. The highest BCUT2D eigenvalue weighted by atomic mass is 16.6. The van der Waals surface area contributed by atoms with Crippen LogP contribution in [0.25, 0.3) is 10.8 Å². The fourth-order valence-electron chi connectivity index (χ4n) is 2.17. The van der Waals surface area contributed by atoms with E-state index in [1.54, 1.807) is 0 Å². The van der Waals surface area contributed by atoms with E-state index in [0.29, 0.717) is 11.5 Å². The van der Waals surface area contributed by atoms with Gasteiger partial charge < -0.3 is 19.3 Å². The van der Waals surface area contributed by atoms with E-state index in [1.165, 1.54) is 0 Å². The predicted octanol–water partition coefficient (Wildman–Crippen LogP) is 2.58. The fourth-order valence-corrected chi connectivity index (χ4v) is 2.17. The SMILES string of the molecule is C=CC(=O)OCCOc1c(C)cc(OCO)c2ccccc12. The number of carbonyl (C=O) groups is 1. The van der Waals surface area contributed by atoms with Crippen LogP contribution in [0.2, 0.25) is 0 Å². The average molecular weight is 302 g/mol. The molecule has 0 heterocycles. The summed E-state index contributed by atoms with van der Waals surface area (Å²) >= 11 is 0. The smallest absolute Gasteiger partial charge is 0.330 e. The summed E-state index contributed by atoms with van der Waals surface area (Å²) in [4.78, 5) is 11.0. The number of ether oxygens (including phenoxy) is 3. The van der Waals surface area contributed by atoms with Gasteiger partial charge in [0.25, 0.3) is 0 Å². The van der Waals surface area contributed by atoms with Crippen molar-refractivity contribution in [2.75, 3.05) is 20.0 Å². The number of esters is 1. The first kappa shape index (κ1) is 15.9. The highest BCUT2D eigenvalue weighted by Crippen LogP contribution is 2.36. The van der Waals surface area contributed by atoms with Gasteiger partial charge in [-0.15, -0.1) is 0 Å². The lowest BCUT2D eigenvalue weighted by Crippen LogP contribution is -2.11. The Morgan fingerprint density at radius 1 is 1.23 bits per heavy atom. The Labute approximate surface area is 128 Å². The zero-order valence-corrected chi connectivity index (χ0v) is 12.4. The number of aryl methyl sites for hydroxylation is 1. The van der Waals surface area contributed by atoms with E-state index in [9.17, 15) is 4.79 Å². The Kier molecular flexibility index (Phi) is 5.38. The number of aliphatic hydroxyl groups excluding tert-OH is 1. The van der Waals surface area contributed by atoms with E-state index in [1.807, 2.05) is 37.3 Å². The van der Waals surface area contributed by atoms with Gasteiger partial charge in [0, 0.05) is 16.8 Å². The zero-order valence-electron chi connectivity index (χ0n) is 12.4. The molecule has 0 spiro atoms. The summed E-state index contributed by atoms with van der Waals surface area (Å²) in [5.41, 5.74) is 0.872. The highest BCUT2D eigenvalue weighted by Gasteiger charge is 2.11. The molecule has 22 heavy (non-hydrogen) atoms. The molecule has 0 aliphatic heterocycles. The number of hydrogen-bond acceptors (Lipinski definition) is 5. The molecular formula is C17H18O5. The largest absolute Gasteiger partial charge is 0.489 e. The molecule has 2 aromatic rings. The first-order valence-corrected chi connectivity index (χ1v) is 6.85. The van der Waals surface area contributed by atoms with Crippen LogP contribution in [0.15, 0.2) is 43.0 Å². The Morgan fingerprint density at radius 2 is 1.95 bits per heavy atom. The maximum Gasteiger partial charge on any atom is 0.330 e. The third-order valence-electron chi connectivity index (χ3n) is 3.10. The predicted molar refractivity (Wildman–Crippen MR) is 83.0 cm³/mol. The summed E-state index contributed by atoms with van der Waals surface area (Å²) in [6.45, 7) is 5.22. The standard InChI is InChI=1S/C17H18O5/c1-3-16(19)20-8-9-21-17-12(2)10-15(22-11-18)13-6-4-5-7-14(13)17/h3-7,10,18H,1,8-9,11H2,2H3. The van der Waals surface area contributed by atoms with Gasteiger partial charge in [0.2, 0.25) is 0 Å². The van der Waals surface area contributed by atoms with Crippen LogP contribution >= 0.6 is 0 Å². The van der Waals surface area contributed by atoms with Crippen molar-refractivity contribution >= 4 is 16.7 Å². The van der Waals surface area contributed by atoms with Gasteiger partial charge in [-0.2, -0.15) is 0 Å². The van der Waals surface area contributed by atoms with Crippen molar-refractivity contribution in [3.8, 4) is 11.5 Å². The summed E-state index contributed by atoms with van der Waals surface area (Å²) in [6, 6.07) is 9.40. The van der Waals surface area contributed by atoms with E-state index < -0.39 is 5.97 Å². The van der Waals surface area contributed by atoms with Crippen LogP contribution in [0.3, 0.4) is 0 Å². The number of hydrogen-bond donors (Lipinski definition) is 1. The second kappa shape index (κ2) is 7.47. The van der Waals surface area contributed by atoms with Gasteiger partial charge in [0.15, 0.2) is 6.79 Å². The normalized spacial score (nSPS) is 10.3. The minimum Gasteiger partial charge on any atom is -0.489 e. The van der Waals surface area contributed by atoms with Crippen LogP contribution in [0.4, 0.5) is 0 Å². The van der Waals surface area contributed by atoms with Gasteiger partial charge in [-0.25, -0.2) is 4.79 Å². The van der Waals surface area contributed by atoms with Crippen molar-refractivity contribution in [2.45, 2.75) is 6.92 Å². The first-order chi connectivity index (χ1) is 10.7. The van der Waals surface area contributed by atoms with E-state index >= 15 is 0 Å². The summed E-state index contributed by atoms with van der Waals surface area (Å²) in [5.74, 6) is 0.827. The van der Waals surface area contributed by atoms with Crippen molar-refractivity contribution < 1.29 is 24.1 Å². The minimum absolute atomic E-state index is 0.146. The molecule has 5 nitrogen and oxygen atoms in total. The topological polar surface area (TPSA) is 65.0 Å². The molecule has 0 amide bonds.